The Hall–Kier alpha value is -1.86. The zero-order valence-corrected chi connectivity index (χ0v) is 14.8. The van der Waals surface area contributed by atoms with Crippen LogP contribution in [-0.2, 0) is 19.9 Å². The molecule has 0 aromatic heterocycles. The fraction of sp³-hybridized carbons (Fsp3) is 0.250. The minimum absolute atomic E-state index is 0.0192. The summed E-state index contributed by atoms with van der Waals surface area (Å²) in [6.45, 7) is 5.39. The van der Waals surface area contributed by atoms with Crippen molar-refractivity contribution in [2.24, 2.45) is 0 Å². The van der Waals surface area contributed by atoms with Crippen LogP contribution in [0.2, 0.25) is 0 Å². The summed E-state index contributed by atoms with van der Waals surface area (Å²) in [6, 6.07) is 10.5. The van der Waals surface area contributed by atoms with E-state index in [1.807, 2.05) is 19.9 Å². The number of rotatable bonds is 5. The van der Waals surface area contributed by atoms with E-state index in [9.17, 15) is 16.8 Å². The molecule has 0 spiro atoms. The molecule has 0 amide bonds. The normalized spacial score (nSPS) is 12.1. The van der Waals surface area contributed by atoms with E-state index in [1.54, 1.807) is 19.1 Å². The molecule has 0 fully saturated rings. The van der Waals surface area contributed by atoms with Crippen molar-refractivity contribution in [3.05, 3.63) is 53.6 Å². The molecule has 5 nitrogen and oxygen atoms in total. The Morgan fingerprint density at radius 1 is 0.826 bits per heavy atom. The van der Waals surface area contributed by atoms with E-state index in [-0.39, 0.29) is 15.5 Å². The van der Waals surface area contributed by atoms with E-state index in [0.29, 0.717) is 5.69 Å². The fourth-order valence-corrected chi connectivity index (χ4v) is 3.95. The standard InChI is InChI=1S/C16H19NO4S2/c1-4-22(18,19)15-7-9-16(10-8-15)23(20,21)17-14-6-5-12(2)13(3)11-14/h5-11,17H,4H2,1-3H3. The highest BCUT2D eigenvalue weighted by Gasteiger charge is 2.17. The van der Waals surface area contributed by atoms with E-state index in [0.717, 1.165) is 11.1 Å². The van der Waals surface area contributed by atoms with E-state index in [4.69, 9.17) is 0 Å². The van der Waals surface area contributed by atoms with Crippen molar-refractivity contribution < 1.29 is 16.8 Å². The first-order chi connectivity index (χ1) is 10.7. The zero-order valence-electron chi connectivity index (χ0n) is 13.2. The number of sulfone groups is 1. The third kappa shape index (κ3) is 3.92. The Balaban J connectivity index is 2.31. The highest BCUT2D eigenvalue weighted by molar-refractivity contribution is 7.92. The van der Waals surface area contributed by atoms with Crippen molar-refractivity contribution in [3.63, 3.8) is 0 Å². The SMILES string of the molecule is CCS(=O)(=O)c1ccc(S(=O)(=O)Nc2ccc(C)c(C)c2)cc1. The minimum Gasteiger partial charge on any atom is -0.280 e. The maximum absolute atomic E-state index is 12.4. The lowest BCUT2D eigenvalue weighted by molar-refractivity contribution is 0.595. The van der Waals surface area contributed by atoms with Crippen molar-refractivity contribution in [2.45, 2.75) is 30.6 Å². The molecular formula is C16H19NO4S2. The summed E-state index contributed by atoms with van der Waals surface area (Å²) in [7, 11) is -7.10. The van der Waals surface area contributed by atoms with Gasteiger partial charge in [-0.3, -0.25) is 4.72 Å². The number of hydrogen-bond donors (Lipinski definition) is 1. The number of nitrogens with one attached hydrogen (secondary N) is 1. The van der Waals surface area contributed by atoms with Crippen molar-refractivity contribution in [1.29, 1.82) is 0 Å². The molecule has 0 radical (unpaired) electrons. The van der Waals surface area contributed by atoms with Crippen LogP contribution in [0.4, 0.5) is 5.69 Å². The summed E-state index contributed by atoms with van der Waals surface area (Å²) < 4.78 is 50.7. The minimum atomic E-state index is -3.76. The lowest BCUT2D eigenvalue weighted by atomic mass is 10.1. The van der Waals surface area contributed by atoms with Gasteiger partial charge >= 0.3 is 0 Å². The molecule has 23 heavy (non-hydrogen) atoms. The Morgan fingerprint density at radius 3 is 1.91 bits per heavy atom. The second-order valence-corrected chi connectivity index (χ2v) is 9.24. The van der Waals surface area contributed by atoms with Crippen LogP contribution in [0.1, 0.15) is 18.1 Å². The Kier molecular flexibility index (Phi) is 4.81. The van der Waals surface area contributed by atoms with E-state index >= 15 is 0 Å². The van der Waals surface area contributed by atoms with Crippen molar-refractivity contribution in [1.82, 2.24) is 0 Å². The molecule has 2 aromatic carbocycles. The summed E-state index contributed by atoms with van der Waals surface area (Å²) in [5, 5.41) is 0. The molecule has 1 N–H and O–H groups in total. The van der Waals surface area contributed by atoms with E-state index in [1.165, 1.54) is 24.3 Å². The van der Waals surface area contributed by atoms with E-state index in [2.05, 4.69) is 4.72 Å². The Labute approximate surface area is 137 Å². The van der Waals surface area contributed by atoms with Crippen LogP contribution in [-0.4, -0.2) is 22.6 Å². The van der Waals surface area contributed by atoms with Gasteiger partial charge in [0, 0.05) is 5.69 Å². The predicted octanol–water partition coefficient (Wildman–Crippen LogP) is 2.90. The molecule has 2 aromatic rings. The molecule has 0 heterocycles. The van der Waals surface area contributed by atoms with Gasteiger partial charge in [-0.15, -0.1) is 0 Å². The summed E-state index contributed by atoms with van der Waals surface area (Å²) in [5.41, 5.74) is 2.52. The van der Waals surface area contributed by atoms with Crippen molar-refractivity contribution in [2.75, 3.05) is 10.5 Å². The van der Waals surface area contributed by atoms with Gasteiger partial charge in [0.2, 0.25) is 0 Å². The van der Waals surface area contributed by atoms with Gasteiger partial charge in [0.25, 0.3) is 10.0 Å². The number of benzene rings is 2. The second-order valence-electron chi connectivity index (χ2n) is 5.28. The van der Waals surface area contributed by atoms with Gasteiger partial charge in [0.05, 0.1) is 15.5 Å². The summed E-state index contributed by atoms with van der Waals surface area (Å²) in [5.74, 6) is -0.0278. The monoisotopic (exact) mass is 353 g/mol. The van der Waals surface area contributed by atoms with Crippen molar-refractivity contribution in [3.8, 4) is 0 Å². The van der Waals surface area contributed by atoms with Gasteiger partial charge in [-0.2, -0.15) is 0 Å². The fourth-order valence-electron chi connectivity index (χ4n) is 2.01. The number of sulfonamides is 1. The third-order valence-corrected chi connectivity index (χ3v) is 6.78. The lowest BCUT2D eigenvalue weighted by Gasteiger charge is -2.10. The second kappa shape index (κ2) is 6.33. The van der Waals surface area contributed by atoms with Crippen molar-refractivity contribution >= 4 is 25.5 Å². The summed E-state index contributed by atoms with van der Waals surface area (Å²) in [4.78, 5) is 0.135. The zero-order chi connectivity index (χ0) is 17.3. The quantitative estimate of drug-likeness (QED) is 0.896. The molecule has 0 aliphatic carbocycles. The average Bonchev–Trinajstić information content (AvgIpc) is 2.51. The van der Waals surface area contributed by atoms with Gasteiger partial charge in [-0.05, 0) is 61.4 Å². The van der Waals surface area contributed by atoms with Gasteiger partial charge in [0.1, 0.15) is 0 Å². The van der Waals surface area contributed by atoms with Crippen LogP contribution < -0.4 is 4.72 Å². The molecule has 0 unspecified atom stereocenters. The lowest BCUT2D eigenvalue weighted by Crippen LogP contribution is -2.13. The highest BCUT2D eigenvalue weighted by Crippen LogP contribution is 2.20. The van der Waals surface area contributed by atoms with Crippen LogP contribution in [0, 0.1) is 13.8 Å². The third-order valence-electron chi connectivity index (χ3n) is 3.63. The molecule has 124 valence electrons. The molecular weight excluding hydrogens is 334 g/mol. The van der Waals surface area contributed by atoms with Crippen LogP contribution in [0.25, 0.3) is 0 Å². The number of hydrogen-bond acceptors (Lipinski definition) is 4. The molecule has 0 saturated carbocycles. The molecule has 0 saturated heterocycles. The van der Waals surface area contributed by atoms with Crippen LogP contribution >= 0.6 is 0 Å². The average molecular weight is 353 g/mol. The van der Waals surface area contributed by atoms with E-state index < -0.39 is 19.9 Å². The summed E-state index contributed by atoms with van der Waals surface area (Å²) >= 11 is 0. The predicted molar refractivity (Wildman–Crippen MR) is 90.9 cm³/mol. The van der Waals surface area contributed by atoms with Gasteiger partial charge < -0.3 is 0 Å². The molecule has 0 bridgehead atoms. The Bertz CT molecular complexity index is 915. The van der Waals surface area contributed by atoms with Gasteiger partial charge in [0.15, 0.2) is 9.84 Å². The smallest absolute Gasteiger partial charge is 0.261 e. The maximum Gasteiger partial charge on any atom is 0.261 e. The number of aryl methyl sites for hydroxylation is 2. The van der Waals surface area contributed by atoms with Gasteiger partial charge in [-0.25, -0.2) is 16.8 Å². The molecule has 2 rings (SSSR count). The van der Waals surface area contributed by atoms with Crippen LogP contribution in [0.3, 0.4) is 0 Å². The van der Waals surface area contributed by atoms with Gasteiger partial charge in [-0.1, -0.05) is 13.0 Å². The molecule has 7 heteroatoms. The highest BCUT2D eigenvalue weighted by atomic mass is 32.2. The number of anilines is 1. The topological polar surface area (TPSA) is 80.3 Å². The first-order valence-corrected chi connectivity index (χ1v) is 10.2. The first-order valence-electron chi connectivity index (χ1n) is 7.08. The maximum atomic E-state index is 12.4. The Morgan fingerprint density at radius 2 is 1.39 bits per heavy atom. The van der Waals surface area contributed by atoms with Crippen LogP contribution in [0.5, 0.6) is 0 Å². The summed E-state index contributed by atoms with van der Waals surface area (Å²) in [6.07, 6.45) is 0. The van der Waals surface area contributed by atoms with Crippen LogP contribution in [0.15, 0.2) is 52.3 Å². The largest absolute Gasteiger partial charge is 0.280 e. The molecule has 0 aliphatic rings. The molecule has 0 atom stereocenters. The molecule has 0 aliphatic heterocycles. The first kappa shape index (κ1) is 17.5.